The van der Waals surface area contributed by atoms with Crippen LogP contribution in [0.25, 0.3) is 0 Å². The summed E-state index contributed by atoms with van der Waals surface area (Å²) >= 11 is 0. The highest BCUT2D eigenvalue weighted by atomic mass is 19.1. The van der Waals surface area contributed by atoms with Gasteiger partial charge in [-0.25, -0.2) is 8.78 Å². The van der Waals surface area contributed by atoms with Gasteiger partial charge in [0.05, 0.1) is 30.6 Å². The monoisotopic (exact) mass is 469 g/mol. The van der Waals surface area contributed by atoms with Crippen molar-refractivity contribution in [2.75, 3.05) is 37.0 Å². The van der Waals surface area contributed by atoms with Crippen LogP contribution in [0.15, 0.2) is 53.7 Å². The molecule has 0 spiro atoms. The Kier molecular flexibility index (Phi) is 6.70. The summed E-state index contributed by atoms with van der Waals surface area (Å²) in [5, 5.41) is 6.21. The third-order valence-corrected chi connectivity index (χ3v) is 6.15. The Morgan fingerprint density at radius 3 is 2.59 bits per heavy atom. The molecular formula is C26H29F2N3O3. The topological polar surface area (TPSA) is 70.7 Å². The van der Waals surface area contributed by atoms with E-state index in [1.165, 1.54) is 12.1 Å². The zero-order chi connectivity index (χ0) is 24.5. The summed E-state index contributed by atoms with van der Waals surface area (Å²) in [7, 11) is 1.54. The minimum atomic E-state index is -0.840. The molecule has 1 aliphatic heterocycles. The second kappa shape index (κ2) is 9.54. The minimum absolute atomic E-state index is 0.106. The van der Waals surface area contributed by atoms with Gasteiger partial charge in [0.15, 0.2) is 5.78 Å². The number of hydrogen-bond donors (Lipinski definition) is 2. The number of Topliss-reactive ketones (excluding diaryl/α,β-unsaturated/α-hetero) is 1. The van der Waals surface area contributed by atoms with Crippen molar-refractivity contribution in [1.29, 1.82) is 0 Å². The first kappa shape index (κ1) is 23.9. The normalized spacial score (nSPS) is 19.1. The third kappa shape index (κ3) is 4.97. The lowest BCUT2D eigenvalue weighted by molar-refractivity contribution is -0.121. The smallest absolute Gasteiger partial charge is 0.239 e. The van der Waals surface area contributed by atoms with E-state index >= 15 is 0 Å². The van der Waals surface area contributed by atoms with Crippen LogP contribution in [0, 0.1) is 17.0 Å². The fraction of sp³-hybridized carbons (Fsp3) is 0.385. The molecule has 180 valence electrons. The highest BCUT2D eigenvalue weighted by Crippen LogP contribution is 2.48. The molecule has 1 amide bonds. The van der Waals surface area contributed by atoms with E-state index < -0.39 is 17.7 Å². The van der Waals surface area contributed by atoms with Gasteiger partial charge in [-0.1, -0.05) is 26.0 Å². The van der Waals surface area contributed by atoms with Crippen LogP contribution >= 0.6 is 0 Å². The molecule has 1 aliphatic carbocycles. The van der Waals surface area contributed by atoms with E-state index in [-0.39, 0.29) is 29.2 Å². The summed E-state index contributed by atoms with van der Waals surface area (Å²) in [4.78, 5) is 28.1. The van der Waals surface area contributed by atoms with E-state index in [1.54, 1.807) is 12.0 Å². The lowest BCUT2D eigenvalue weighted by Gasteiger charge is -2.37. The van der Waals surface area contributed by atoms with Crippen LogP contribution in [0.2, 0.25) is 0 Å². The number of ketones is 1. The molecule has 0 radical (unpaired) electrons. The van der Waals surface area contributed by atoms with E-state index in [0.717, 1.165) is 11.8 Å². The van der Waals surface area contributed by atoms with Crippen LogP contribution in [0.4, 0.5) is 20.2 Å². The number of hydrogen-bond acceptors (Lipinski definition) is 5. The van der Waals surface area contributed by atoms with Gasteiger partial charge in [0.25, 0.3) is 0 Å². The van der Waals surface area contributed by atoms with Crippen molar-refractivity contribution in [3.05, 3.63) is 70.9 Å². The first-order valence-electron chi connectivity index (χ1n) is 11.3. The number of carbonyl (C=O) groups excluding carboxylic acids is 2. The summed E-state index contributed by atoms with van der Waals surface area (Å²) in [5.41, 5.74) is 2.54. The number of para-hydroxylation sites is 2. The van der Waals surface area contributed by atoms with Gasteiger partial charge in [0, 0.05) is 37.4 Å². The first-order valence-corrected chi connectivity index (χ1v) is 11.3. The van der Waals surface area contributed by atoms with Gasteiger partial charge in [0.1, 0.15) is 11.6 Å². The van der Waals surface area contributed by atoms with Crippen LogP contribution in [0.1, 0.15) is 38.3 Å². The van der Waals surface area contributed by atoms with E-state index in [2.05, 4.69) is 10.6 Å². The highest BCUT2D eigenvalue weighted by molar-refractivity contribution is 6.01. The van der Waals surface area contributed by atoms with Crippen molar-refractivity contribution in [2.45, 2.75) is 32.7 Å². The Balaban J connectivity index is 1.89. The Bertz CT molecular complexity index is 1130. The second-order valence-electron chi connectivity index (χ2n) is 9.55. The summed E-state index contributed by atoms with van der Waals surface area (Å²) < 4.78 is 33.7. The summed E-state index contributed by atoms with van der Waals surface area (Å²) in [6.07, 6.45) is 0.886. The molecule has 2 aromatic carbocycles. The molecule has 1 heterocycles. The van der Waals surface area contributed by atoms with Gasteiger partial charge < -0.3 is 20.3 Å². The quantitative estimate of drug-likeness (QED) is 0.616. The summed E-state index contributed by atoms with van der Waals surface area (Å²) in [5.74, 6) is -1.88. The summed E-state index contributed by atoms with van der Waals surface area (Å²) in [6.45, 7) is 4.60. The molecule has 4 rings (SSSR count). The maximum Gasteiger partial charge on any atom is 0.239 e. The third-order valence-electron chi connectivity index (χ3n) is 6.15. The van der Waals surface area contributed by atoms with Gasteiger partial charge in [-0.2, -0.15) is 0 Å². The van der Waals surface area contributed by atoms with E-state index in [9.17, 15) is 18.4 Å². The van der Waals surface area contributed by atoms with Crippen molar-refractivity contribution in [3.8, 4) is 0 Å². The van der Waals surface area contributed by atoms with Gasteiger partial charge in [-0.3, -0.25) is 9.59 Å². The van der Waals surface area contributed by atoms with Gasteiger partial charge in [-0.05, 0) is 41.7 Å². The number of benzene rings is 2. The number of amides is 1. The van der Waals surface area contributed by atoms with Crippen molar-refractivity contribution in [3.63, 3.8) is 0 Å². The number of rotatable bonds is 6. The van der Waals surface area contributed by atoms with E-state index in [0.29, 0.717) is 43.0 Å². The molecule has 1 unspecified atom stereocenters. The predicted molar refractivity (Wildman–Crippen MR) is 126 cm³/mol. The molecule has 2 aromatic rings. The zero-order valence-electron chi connectivity index (χ0n) is 19.6. The van der Waals surface area contributed by atoms with Crippen LogP contribution in [-0.4, -0.2) is 38.5 Å². The lowest BCUT2D eigenvalue weighted by Crippen LogP contribution is -2.42. The maximum absolute atomic E-state index is 14.4. The minimum Gasteiger partial charge on any atom is -0.383 e. The molecular weight excluding hydrogens is 440 g/mol. The fourth-order valence-electron chi connectivity index (χ4n) is 4.81. The Labute approximate surface area is 198 Å². The van der Waals surface area contributed by atoms with Crippen molar-refractivity contribution >= 4 is 23.1 Å². The predicted octanol–water partition coefficient (Wildman–Crippen LogP) is 4.34. The molecule has 34 heavy (non-hydrogen) atoms. The summed E-state index contributed by atoms with van der Waals surface area (Å²) in [6, 6.07) is 9.82. The second-order valence-corrected chi connectivity index (χ2v) is 9.55. The first-order chi connectivity index (χ1) is 16.2. The lowest BCUT2D eigenvalue weighted by atomic mass is 9.73. The Hall–Kier alpha value is -3.26. The fourth-order valence-corrected chi connectivity index (χ4v) is 4.81. The molecule has 0 saturated carbocycles. The zero-order valence-corrected chi connectivity index (χ0v) is 19.6. The number of anilines is 2. The number of methoxy groups -OCH3 is 1. The Morgan fingerprint density at radius 1 is 1.18 bits per heavy atom. The molecule has 2 N–H and O–H groups in total. The van der Waals surface area contributed by atoms with Crippen molar-refractivity contribution < 1.29 is 23.1 Å². The largest absolute Gasteiger partial charge is 0.383 e. The standard InChI is InChI=1S/C26H29F2N3O3/c1-26(2)13-20-24(22(32)14-26)25(16-10-17(27)12-18(28)11-16)31(15-23(33)29-8-9-34-3)21-7-5-4-6-19(21)30-20/h4-7,10-12,25,30H,8-9,13-15H2,1-3H3,(H,29,33). The average Bonchev–Trinajstić information content (AvgIpc) is 2.87. The number of carbonyl (C=O) groups is 2. The van der Waals surface area contributed by atoms with Crippen LogP contribution in [0.3, 0.4) is 0 Å². The van der Waals surface area contributed by atoms with Gasteiger partial charge in [0.2, 0.25) is 5.91 Å². The Morgan fingerprint density at radius 2 is 1.88 bits per heavy atom. The van der Waals surface area contributed by atoms with Gasteiger partial charge in [-0.15, -0.1) is 0 Å². The number of allylic oxidation sites excluding steroid dienone is 1. The average molecular weight is 470 g/mol. The molecule has 8 heteroatoms. The maximum atomic E-state index is 14.4. The number of ether oxygens (including phenoxy) is 1. The number of halogens is 2. The molecule has 0 saturated heterocycles. The van der Waals surface area contributed by atoms with Crippen molar-refractivity contribution in [1.82, 2.24) is 5.32 Å². The number of nitrogens with zero attached hydrogens (tertiary/aromatic N) is 1. The van der Waals surface area contributed by atoms with Crippen LogP contribution in [-0.2, 0) is 14.3 Å². The molecule has 0 aromatic heterocycles. The van der Waals surface area contributed by atoms with Gasteiger partial charge >= 0.3 is 0 Å². The molecule has 2 aliphatic rings. The number of nitrogens with one attached hydrogen (secondary N) is 2. The van der Waals surface area contributed by atoms with Crippen LogP contribution in [0.5, 0.6) is 0 Å². The highest BCUT2D eigenvalue weighted by Gasteiger charge is 2.42. The van der Waals surface area contributed by atoms with Crippen molar-refractivity contribution in [2.24, 2.45) is 5.41 Å². The van der Waals surface area contributed by atoms with Crippen LogP contribution < -0.4 is 15.5 Å². The van der Waals surface area contributed by atoms with E-state index in [4.69, 9.17) is 4.74 Å². The number of fused-ring (bicyclic) bond motifs is 1. The molecule has 6 nitrogen and oxygen atoms in total. The molecule has 0 bridgehead atoms. The SMILES string of the molecule is COCCNC(=O)CN1c2ccccc2NC2=C(C(=O)CC(C)(C)C2)C1c1cc(F)cc(F)c1. The molecule has 0 fully saturated rings. The molecule has 1 atom stereocenters. The van der Waals surface area contributed by atoms with E-state index in [1.807, 2.05) is 38.1 Å².